The Morgan fingerprint density at radius 2 is 2.22 bits per heavy atom. The van der Waals surface area contributed by atoms with Crippen LogP contribution in [-0.4, -0.2) is 39.6 Å². The molecule has 2 aromatic rings. The van der Waals surface area contributed by atoms with Crippen LogP contribution in [0.15, 0.2) is 24.4 Å². The summed E-state index contributed by atoms with van der Waals surface area (Å²) >= 11 is 0. The normalized spacial score (nSPS) is 10.6. The summed E-state index contributed by atoms with van der Waals surface area (Å²) in [6.45, 7) is 0.0671. The van der Waals surface area contributed by atoms with Crippen molar-refractivity contribution in [3.05, 3.63) is 34.5 Å². The van der Waals surface area contributed by atoms with Crippen LogP contribution in [0.3, 0.4) is 0 Å². The third-order valence-electron chi connectivity index (χ3n) is 2.62. The van der Waals surface area contributed by atoms with Gasteiger partial charge in [0.2, 0.25) is 5.91 Å². The third kappa shape index (κ3) is 2.15. The second kappa shape index (κ2) is 4.44. The summed E-state index contributed by atoms with van der Waals surface area (Å²) in [4.78, 5) is 23.3. The number of likely N-dealkylation sites (N-methyl/N-ethyl adjacent to an activating group) is 1. The molecule has 1 aromatic heterocycles. The van der Waals surface area contributed by atoms with Crippen molar-refractivity contribution in [3.8, 4) is 0 Å². The second-order valence-electron chi connectivity index (χ2n) is 4.09. The fourth-order valence-electron chi connectivity index (χ4n) is 1.57. The summed E-state index contributed by atoms with van der Waals surface area (Å²) in [5.41, 5.74) is 0.570. The highest BCUT2D eigenvalue weighted by Gasteiger charge is 2.12. The zero-order valence-electron chi connectivity index (χ0n) is 10.0. The van der Waals surface area contributed by atoms with E-state index in [1.54, 1.807) is 26.4 Å². The Bertz CT molecular complexity index is 618. The molecule has 0 N–H and O–H groups in total. The van der Waals surface area contributed by atoms with Crippen LogP contribution < -0.4 is 0 Å². The average molecular weight is 248 g/mol. The number of nitrogens with zero attached hydrogens (tertiary/aromatic N) is 4. The number of nitro benzene ring substituents is 1. The van der Waals surface area contributed by atoms with E-state index in [4.69, 9.17) is 0 Å². The van der Waals surface area contributed by atoms with E-state index in [2.05, 4.69) is 5.10 Å². The first kappa shape index (κ1) is 12.0. The summed E-state index contributed by atoms with van der Waals surface area (Å²) in [6, 6.07) is 4.46. The first-order valence-electron chi connectivity index (χ1n) is 5.29. The predicted octanol–water partition coefficient (Wildman–Crippen LogP) is 1.03. The first-order chi connectivity index (χ1) is 8.49. The van der Waals surface area contributed by atoms with E-state index < -0.39 is 4.92 Å². The molecule has 1 amide bonds. The maximum Gasteiger partial charge on any atom is 0.271 e. The largest absolute Gasteiger partial charge is 0.347 e. The summed E-state index contributed by atoms with van der Waals surface area (Å²) in [6.07, 6.45) is 1.59. The minimum atomic E-state index is -0.468. The van der Waals surface area contributed by atoms with Crippen molar-refractivity contribution in [2.24, 2.45) is 0 Å². The van der Waals surface area contributed by atoms with Crippen LogP contribution in [0.2, 0.25) is 0 Å². The highest BCUT2D eigenvalue weighted by molar-refractivity contribution is 5.83. The van der Waals surface area contributed by atoms with Crippen molar-refractivity contribution in [1.29, 1.82) is 0 Å². The second-order valence-corrected chi connectivity index (χ2v) is 4.09. The summed E-state index contributed by atoms with van der Waals surface area (Å²) < 4.78 is 1.46. The van der Waals surface area contributed by atoms with Crippen molar-refractivity contribution in [1.82, 2.24) is 14.7 Å². The van der Waals surface area contributed by atoms with Crippen LogP contribution in [0.1, 0.15) is 0 Å². The number of amides is 1. The summed E-state index contributed by atoms with van der Waals surface area (Å²) in [7, 11) is 3.30. The Hall–Kier alpha value is -2.44. The van der Waals surface area contributed by atoms with Gasteiger partial charge in [0.25, 0.3) is 5.69 Å². The molecule has 0 aliphatic carbocycles. The molecule has 0 saturated heterocycles. The van der Waals surface area contributed by atoms with Gasteiger partial charge in [-0.1, -0.05) is 0 Å². The van der Waals surface area contributed by atoms with Crippen LogP contribution in [-0.2, 0) is 11.3 Å². The molecular weight excluding hydrogens is 236 g/mol. The van der Waals surface area contributed by atoms with E-state index in [1.807, 2.05) is 0 Å². The Balaban J connectivity index is 2.42. The molecule has 7 heteroatoms. The maximum absolute atomic E-state index is 11.6. The standard InChI is InChI=1S/C11H12N4O3/c1-13(2)11(16)7-14-10-5-9(15(17)18)4-3-8(10)6-12-14/h3-6H,7H2,1-2H3. The number of carbonyl (C=O) groups is 1. The van der Waals surface area contributed by atoms with Crippen molar-refractivity contribution >= 4 is 22.5 Å². The molecule has 0 aliphatic rings. The van der Waals surface area contributed by atoms with E-state index in [-0.39, 0.29) is 18.1 Å². The number of nitro groups is 1. The minimum Gasteiger partial charge on any atom is -0.347 e. The molecule has 0 fully saturated rings. The van der Waals surface area contributed by atoms with Crippen molar-refractivity contribution in [2.75, 3.05) is 14.1 Å². The fraction of sp³-hybridized carbons (Fsp3) is 0.273. The molecule has 0 atom stereocenters. The monoisotopic (exact) mass is 248 g/mol. The molecule has 1 aromatic carbocycles. The molecule has 1 heterocycles. The lowest BCUT2D eigenvalue weighted by atomic mass is 10.2. The molecule has 0 spiro atoms. The molecular formula is C11H12N4O3. The number of hydrogen-bond acceptors (Lipinski definition) is 4. The minimum absolute atomic E-state index is 0.0125. The molecule has 0 saturated carbocycles. The zero-order valence-corrected chi connectivity index (χ0v) is 10.0. The number of fused-ring (bicyclic) bond motifs is 1. The quantitative estimate of drug-likeness (QED) is 0.600. The van der Waals surface area contributed by atoms with Gasteiger partial charge in [0.1, 0.15) is 6.54 Å². The molecule has 94 valence electrons. The van der Waals surface area contributed by atoms with Gasteiger partial charge in [-0.15, -0.1) is 0 Å². The number of aromatic nitrogens is 2. The first-order valence-corrected chi connectivity index (χ1v) is 5.29. The van der Waals surface area contributed by atoms with Gasteiger partial charge < -0.3 is 4.90 Å². The fourth-order valence-corrected chi connectivity index (χ4v) is 1.57. The van der Waals surface area contributed by atoms with Gasteiger partial charge in [-0.25, -0.2) is 0 Å². The highest BCUT2D eigenvalue weighted by Crippen LogP contribution is 2.20. The lowest BCUT2D eigenvalue weighted by Gasteiger charge is -2.10. The molecule has 18 heavy (non-hydrogen) atoms. The van der Waals surface area contributed by atoms with Crippen LogP contribution in [0, 0.1) is 10.1 Å². The van der Waals surface area contributed by atoms with Crippen molar-refractivity contribution < 1.29 is 9.72 Å². The Kier molecular flexibility index (Phi) is 2.97. The van der Waals surface area contributed by atoms with Crippen LogP contribution >= 0.6 is 0 Å². The molecule has 0 radical (unpaired) electrons. The van der Waals surface area contributed by atoms with Gasteiger partial charge in [0.15, 0.2) is 0 Å². The average Bonchev–Trinajstić information content (AvgIpc) is 2.71. The van der Waals surface area contributed by atoms with Gasteiger partial charge in [-0.05, 0) is 6.07 Å². The van der Waals surface area contributed by atoms with Gasteiger partial charge in [-0.3, -0.25) is 19.6 Å². The SMILES string of the molecule is CN(C)C(=O)Cn1ncc2ccc([N+](=O)[O-])cc21. The van der Waals surface area contributed by atoms with E-state index in [9.17, 15) is 14.9 Å². The lowest BCUT2D eigenvalue weighted by molar-refractivity contribution is -0.384. The predicted molar refractivity (Wildman–Crippen MR) is 65.1 cm³/mol. The number of carbonyl (C=O) groups excluding carboxylic acids is 1. The molecule has 0 unspecified atom stereocenters. The van der Waals surface area contributed by atoms with Gasteiger partial charge in [0, 0.05) is 31.6 Å². The van der Waals surface area contributed by atoms with Gasteiger partial charge in [0.05, 0.1) is 16.6 Å². The molecule has 0 aliphatic heterocycles. The van der Waals surface area contributed by atoms with E-state index in [0.717, 1.165) is 5.39 Å². The van der Waals surface area contributed by atoms with Crippen molar-refractivity contribution in [3.63, 3.8) is 0 Å². The van der Waals surface area contributed by atoms with Crippen LogP contribution in [0.25, 0.3) is 10.9 Å². The van der Waals surface area contributed by atoms with E-state index >= 15 is 0 Å². The topological polar surface area (TPSA) is 81.3 Å². The summed E-state index contributed by atoms with van der Waals surface area (Å²) in [5.74, 6) is -0.119. The number of rotatable bonds is 3. The maximum atomic E-state index is 11.6. The van der Waals surface area contributed by atoms with Gasteiger partial charge in [-0.2, -0.15) is 5.10 Å². The smallest absolute Gasteiger partial charge is 0.271 e. The number of non-ortho nitro benzene ring substituents is 1. The van der Waals surface area contributed by atoms with E-state index in [1.165, 1.54) is 21.7 Å². The highest BCUT2D eigenvalue weighted by atomic mass is 16.6. The molecule has 2 rings (SSSR count). The Labute approximate surface area is 103 Å². The third-order valence-corrected chi connectivity index (χ3v) is 2.62. The molecule has 7 nitrogen and oxygen atoms in total. The zero-order chi connectivity index (χ0) is 13.3. The number of benzene rings is 1. The van der Waals surface area contributed by atoms with E-state index in [0.29, 0.717) is 5.52 Å². The van der Waals surface area contributed by atoms with Gasteiger partial charge >= 0.3 is 0 Å². The summed E-state index contributed by atoms with van der Waals surface area (Å²) in [5, 5.41) is 15.5. The Morgan fingerprint density at radius 3 is 2.83 bits per heavy atom. The Morgan fingerprint density at radius 1 is 1.50 bits per heavy atom. The van der Waals surface area contributed by atoms with Crippen molar-refractivity contribution in [2.45, 2.75) is 6.54 Å². The molecule has 0 bridgehead atoms. The van der Waals surface area contributed by atoms with Crippen LogP contribution in [0.4, 0.5) is 5.69 Å². The number of hydrogen-bond donors (Lipinski definition) is 0. The van der Waals surface area contributed by atoms with Crippen LogP contribution in [0.5, 0.6) is 0 Å². The lowest BCUT2D eigenvalue weighted by Crippen LogP contribution is -2.26.